The van der Waals surface area contributed by atoms with Gasteiger partial charge in [-0.1, -0.05) is 0 Å². The number of primary amides is 1. The Morgan fingerprint density at radius 1 is 1.44 bits per heavy atom. The summed E-state index contributed by atoms with van der Waals surface area (Å²) in [6, 6.07) is 2.07. The molecule has 6 nitrogen and oxygen atoms in total. The molecule has 1 saturated heterocycles. The maximum Gasteiger partial charge on any atom is 0.222 e. The maximum atomic E-state index is 11.3. The number of aryl methyl sites for hydroxylation is 1. The Hall–Kier alpha value is -1.85. The summed E-state index contributed by atoms with van der Waals surface area (Å²) in [5.41, 5.74) is 11.1. The van der Waals surface area contributed by atoms with E-state index in [0.29, 0.717) is 24.2 Å². The summed E-state index contributed by atoms with van der Waals surface area (Å²) in [6.45, 7) is 4.53. The smallest absolute Gasteiger partial charge is 0.222 e. The lowest BCUT2D eigenvalue weighted by atomic mass is 9.93. The third-order valence-electron chi connectivity index (χ3n) is 3.42. The number of nitrogens with zero attached hydrogens (tertiary/aromatic N) is 3. The SMILES string of the molecule is Cc1nc(N)cc(N2CC(C(N)=O)CCC2C)n1. The number of piperidine rings is 1. The van der Waals surface area contributed by atoms with Crippen molar-refractivity contribution in [1.82, 2.24) is 9.97 Å². The van der Waals surface area contributed by atoms with Gasteiger partial charge in [0.1, 0.15) is 17.5 Å². The quantitative estimate of drug-likeness (QED) is 0.793. The lowest BCUT2D eigenvalue weighted by Crippen LogP contribution is -2.46. The van der Waals surface area contributed by atoms with Crippen LogP contribution in [0.4, 0.5) is 11.6 Å². The first-order valence-corrected chi connectivity index (χ1v) is 6.14. The summed E-state index contributed by atoms with van der Waals surface area (Å²) in [5, 5.41) is 0. The molecule has 1 aromatic heterocycles. The van der Waals surface area contributed by atoms with Gasteiger partial charge in [0.25, 0.3) is 0 Å². The second kappa shape index (κ2) is 4.80. The molecule has 98 valence electrons. The summed E-state index contributed by atoms with van der Waals surface area (Å²) in [7, 11) is 0. The molecule has 1 aliphatic heterocycles. The average molecular weight is 249 g/mol. The molecule has 0 radical (unpaired) electrons. The van der Waals surface area contributed by atoms with Gasteiger partial charge in [0.15, 0.2) is 0 Å². The van der Waals surface area contributed by atoms with Crippen LogP contribution in [0.25, 0.3) is 0 Å². The zero-order valence-electron chi connectivity index (χ0n) is 10.8. The van der Waals surface area contributed by atoms with Crippen molar-refractivity contribution in [3.63, 3.8) is 0 Å². The first kappa shape index (κ1) is 12.6. The molecule has 2 rings (SSSR count). The highest BCUT2D eigenvalue weighted by molar-refractivity contribution is 5.77. The van der Waals surface area contributed by atoms with Crippen molar-refractivity contribution in [2.24, 2.45) is 11.7 Å². The van der Waals surface area contributed by atoms with Gasteiger partial charge in [0.2, 0.25) is 5.91 Å². The topological polar surface area (TPSA) is 98.1 Å². The van der Waals surface area contributed by atoms with Gasteiger partial charge < -0.3 is 16.4 Å². The minimum atomic E-state index is -0.245. The summed E-state index contributed by atoms with van der Waals surface area (Å²) in [6.07, 6.45) is 1.77. The van der Waals surface area contributed by atoms with Crippen molar-refractivity contribution in [2.75, 3.05) is 17.2 Å². The number of hydrogen-bond donors (Lipinski definition) is 2. The minimum Gasteiger partial charge on any atom is -0.384 e. The molecule has 1 aromatic rings. The highest BCUT2D eigenvalue weighted by Gasteiger charge is 2.29. The van der Waals surface area contributed by atoms with E-state index in [2.05, 4.69) is 21.8 Å². The van der Waals surface area contributed by atoms with Crippen LogP contribution >= 0.6 is 0 Å². The molecule has 0 bridgehead atoms. The predicted octanol–water partition coefficient (Wildman–Crippen LogP) is 0.457. The van der Waals surface area contributed by atoms with Crippen LogP contribution in [0, 0.1) is 12.8 Å². The van der Waals surface area contributed by atoms with E-state index in [-0.39, 0.29) is 11.8 Å². The van der Waals surface area contributed by atoms with Gasteiger partial charge in [-0.3, -0.25) is 4.79 Å². The number of rotatable bonds is 2. The molecule has 0 aromatic carbocycles. The van der Waals surface area contributed by atoms with Crippen LogP contribution in [-0.2, 0) is 4.79 Å². The average Bonchev–Trinajstić information content (AvgIpc) is 2.27. The van der Waals surface area contributed by atoms with Gasteiger partial charge in [0, 0.05) is 18.7 Å². The number of anilines is 2. The molecule has 0 saturated carbocycles. The zero-order chi connectivity index (χ0) is 13.3. The molecule has 1 fully saturated rings. The van der Waals surface area contributed by atoms with Gasteiger partial charge in [-0.25, -0.2) is 9.97 Å². The summed E-state index contributed by atoms with van der Waals surface area (Å²) in [5.74, 6) is 1.51. The summed E-state index contributed by atoms with van der Waals surface area (Å²) < 4.78 is 0. The highest BCUT2D eigenvalue weighted by Crippen LogP contribution is 2.27. The van der Waals surface area contributed by atoms with Gasteiger partial charge in [0.05, 0.1) is 5.92 Å². The number of amides is 1. The van der Waals surface area contributed by atoms with Crippen LogP contribution in [0.5, 0.6) is 0 Å². The molecule has 0 aliphatic carbocycles. The van der Waals surface area contributed by atoms with E-state index < -0.39 is 0 Å². The third kappa shape index (κ3) is 2.52. The van der Waals surface area contributed by atoms with Crippen molar-refractivity contribution < 1.29 is 4.79 Å². The van der Waals surface area contributed by atoms with Gasteiger partial charge in [-0.05, 0) is 26.7 Å². The molecule has 6 heteroatoms. The highest BCUT2D eigenvalue weighted by atomic mass is 16.1. The van der Waals surface area contributed by atoms with Crippen LogP contribution in [0.3, 0.4) is 0 Å². The zero-order valence-corrected chi connectivity index (χ0v) is 10.8. The fourth-order valence-electron chi connectivity index (χ4n) is 2.38. The summed E-state index contributed by atoms with van der Waals surface area (Å²) in [4.78, 5) is 21.8. The fraction of sp³-hybridized carbons (Fsp3) is 0.583. The number of nitrogen functional groups attached to an aromatic ring is 1. The second-order valence-corrected chi connectivity index (χ2v) is 4.88. The Kier molecular flexibility index (Phi) is 3.36. The standard InChI is InChI=1S/C12H19N5O/c1-7-3-4-9(12(14)18)6-17(7)11-5-10(13)15-8(2)16-11/h5,7,9H,3-4,6H2,1-2H3,(H2,14,18)(H2,13,15,16). The molecule has 2 unspecified atom stereocenters. The Bertz CT molecular complexity index is 442. The van der Waals surface area contributed by atoms with Crippen molar-refractivity contribution in [1.29, 1.82) is 0 Å². The maximum absolute atomic E-state index is 11.3. The Morgan fingerprint density at radius 2 is 2.17 bits per heavy atom. The lowest BCUT2D eigenvalue weighted by Gasteiger charge is -2.37. The van der Waals surface area contributed by atoms with E-state index in [1.54, 1.807) is 13.0 Å². The molecule has 1 amide bonds. The van der Waals surface area contributed by atoms with E-state index >= 15 is 0 Å². The molecule has 0 spiro atoms. The van der Waals surface area contributed by atoms with Crippen LogP contribution in [-0.4, -0.2) is 28.5 Å². The van der Waals surface area contributed by atoms with Crippen molar-refractivity contribution in [3.05, 3.63) is 11.9 Å². The van der Waals surface area contributed by atoms with Crippen LogP contribution in [0.2, 0.25) is 0 Å². The summed E-state index contributed by atoms with van der Waals surface area (Å²) >= 11 is 0. The first-order valence-electron chi connectivity index (χ1n) is 6.14. The van der Waals surface area contributed by atoms with E-state index in [4.69, 9.17) is 11.5 Å². The predicted molar refractivity (Wildman–Crippen MR) is 69.9 cm³/mol. The van der Waals surface area contributed by atoms with Crippen LogP contribution in [0.1, 0.15) is 25.6 Å². The van der Waals surface area contributed by atoms with E-state index in [9.17, 15) is 4.79 Å². The number of carbonyl (C=O) groups is 1. The number of carbonyl (C=O) groups excluding carboxylic acids is 1. The number of hydrogen-bond acceptors (Lipinski definition) is 5. The monoisotopic (exact) mass is 249 g/mol. The van der Waals surface area contributed by atoms with Crippen molar-refractivity contribution in [2.45, 2.75) is 32.7 Å². The molecule has 18 heavy (non-hydrogen) atoms. The molecule has 1 aliphatic rings. The molecular formula is C12H19N5O. The lowest BCUT2D eigenvalue weighted by molar-refractivity contribution is -0.122. The van der Waals surface area contributed by atoms with E-state index in [0.717, 1.165) is 18.7 Å². The van der Waals surface area contributed by atoms with Crippen molar-refractivity contribution in [3.8, 4) is 0 Å². The molecular weight excluding hydrogens is 230 g/mol. The number of nitrogens with two attached hydrogens (primary N) is 2. The van der Waals surface area contributed by atoms with Crippen molar-refractivity contribution >= 4 is 17.5 Å². The molecule has 2 heterocycles. The largest absolute Gasteiger partial charge is 0.384 e. The van der Waals surface area contributed by atoms with Gasteiger partial charge in [-0.15, -0.1) is 0 Å². The fourth-order valence-corrected chi connectivity index (χ4v) is 2.38. The normalized spacial score (nSPS) is 24.0. The Balaban J connectivity index is 2.26. The van der Waals surface area contributed by atoms with E-state index in [1.165, 1.54) is 0 Å². The van der Waals surface area contributed by atoms with E-state index in [1.807, 2.05) is 0 Å². The number of aromatic nitrogens is 2. The van der Waals surface area contributed by atoms with Crippen LogP contribution in [0.15, 0.2) is 6.07 Å². The van der Waals surface area contributed by atoms with Gasteiger partial charge >= 0.3 is 0 Å². The first-order chi connectivity index (χ1) is 8.47. The molecule has 2 atom stereocenters. The minimum absolute atomic E-state index is 0.113. The Labute approximate surface area is 106 Å². The third-order valence-corrected chi connectivity index (χ3v) is 3.42. The Morgan fingerprint density at radius 3 is 2.78 bits per heavy atom. The van der Waals surface area contributed by atoms with Gasteiger partial charge in [-0.2, -0.15) is 0 Å². The van der Waals surface area contributed by atoms with Crippen LogP contribution < -0.4 is 16.4 Å². The second-order valence-electron chi connectivity index (χ2n) is 4.88. The molecule has 4 N–H and O–H groups in total.